The first-order chi connectivity index (χ1) is 15.0. The number of anilines is 1. The van der Waals surface area contributed by atoms with Crippen LogP contribution in [0.1, 0.15) is 30.7 Å². The van der Waals surface area contributed by atoms with Crippen LogP contribution in [0, 0.1) is 5.92 Å². The predicted octanol–water partition coefficient (Wildman–Crippen LogP) is 2.83. The van der Waals surface area contributed by atoms with Crippen molar-refractivity contribution in [3.63, 3.8) is 0 Å². The summed E-state index contributed by atoms with van der Waals surface area (Å²) in [5.74, 6) is -0.376. The molecule has 1 amide bonds. The molecule has 0 saturated carbocycles. The van der Waals surface area contributed by atoms with Crippen molar-refractivity contribution in [3.8, 4) is 0 Å². The van der Waals surface area contributed by atoms with Gasteiger partial charge < -0.3 is 19.5 Å². The second-order valence-electron chi connectivity index (χ2n) is 7.69. The Bertz CT molecular complexity index is 950. The largest absolute Gasteiger partial charge is 0.381 e. The first-order valence-electron chi connectivity index (χ1n) is 10.4. The number of carbonyl (C=O) groups excluding carboxylic acids is 1. The molecular formula is C21H26N2O6S2. The SMILES string of the molecule is O=C(Nc1nccs1)C(CC1CCOCC1)c1ccc(S(=O)(=O)CC2OCCO2)cc1. The van der Waals surface area contributed by atoms with Crippen molar-refractivity contribution in [1.82, 2.24) is 4.98 Å². The molecule has 1 aromatic carbocycles. The van der Waals surface area contributed by atoms with Gasteiger partial charge in [-0.3, -0.25) is 4.79 Å². The summed E-state index contributed by atoms with van der Waals surface area (Å²) in [6.07, 6.45) is 3.42. The van der Waals surface area contributed by atoms with Crippen LogP contribution in [0.4, 0.5) is 5.13 Å². The van der Waals surface area contributed by atoms with Crippen LogP contribution in [-0.4, -0.2) is 57.8 Å². The Balaban J connectivity index is 1.51. The first-order valence-corrected chi connectivity index (χ1v) is 12.9. The van der Waals surface area contributed by atoms with Crippen LogP contribution in [-0.2, 0) is 28.8 Å². The number of carbonyl (C=O) groups is 1. The van der Waals surface area contributed by atoms with Gasteiger partial charge in [-0.1, -0.05) is 12.1 Å². The Morgan fingerprint density at radius 2 is 1.84 bits per heavy atom. The molecule has 2 aliphatic rings. The maximum absolute atomic E-state index is 13.1. The van der Waals surface area contributed by atoms with E-state index < -0.39 is 22.0 Å². The zero-order chi connectivity index (χ0) is 21.7. The molecule has 31 heavy (non-hydrogen) atoms. The standard InChI is InChI=1S/C21H26N2O6S2/c24-20(23-21-22-7-12-30-21)18(13-15-5-8-27-9-6-15)16-1-3-17(4-2-16)31(25,26)14-19-28-10-11-29-19/h1-4,7,12,15,18-19H,5-6,8-11,13-14H2,(H,22,23,24). The number of nitrogens with one attached hydrogen (secondary N) is 1. The summed E-state index contributed by atoms with van der Waals surface area (Å²) < 4.78 is 41.3. The number of hydrogen-bond donors (Lipinski definition) is 1. The molecule has 0 radical (unpaired) electrons. The number of amides is 1. The van der Waals surface area contributed by atoms with Crippen LogP contribution < -0.4 is 5.32 Å². The number of benzene rings is 1. The third-order valence-corrected chi connectivity index (χ3v) is 7.97. The second-order valence-corrected chi connectivity index (χ2v) is 10.6. The Hall–Kier alpha value is -1.85. The lowest BCUT2D eigenvalue weighted by molar-refractivity contribution is -0.118. The minimum atomic E-state index is -3.55. The lowest BCUT2D eigenvalue weighted by Gasteiger charge is -2.26. The Kier molecular flexibility index (Phi) is 7.34. The van der Waals surface area contributed by atoms with E-state index in [-0.39, 0.29) is 16.6 Å². The summed E-state index contributed by atoms with van der Waals surface area (Å²) in [5.41, 5.74) is 0.785. The van der Waals surface area contributed by atoms with E-state index in [0.29, 0.717) is 43.9 Å². The zero-order valence-electron chi connectivity index (χ0n) is 17.1. The highest BCUT2D eigenvalue weighted by Gasteiger charge is 2.29. The van der Waals surface area contributed by atoms with Crippen molar-refractivity contribution < 1.29 is 27.4 Å². The molecule has 2 aromatic rings. The smallest absolute Gasteiger partial charge is 0.233 e. The lowest BCUT2D eigenvalue weighted by Crippen LogP contribution is -2.26. The van der Waals surface area contributed by atoms with Gasteiger partial charge in [-0.05, 0) is 42.9 Å². The van der Waals surface area contributed by atoms with E-state index in [2.05, 4.69) is 10.3 Å². The fourth-order valence-corrected chi connectivity index (χ4v) is 5.70. The summed E-state index contributed by atoms with van der Waals surface area (Å²) in [5, 5.41) is 5.25. The van der Waals surface area contributed by atoms with E-state index in [1.165, 1.54) is 11.3 Å². The molecule has 1 atom stereocenters. The summed E-state index contributed by atoms with van der Waals surface area (Å²) in [6.45, 7) is 2.21. The van der Waals surface area contributed by atoms with E-state index in [9.17, 15) is 13.2 Å². The van der Waals surface area contributed by atoms with Crippen LogP contribution in [0.5, 0.6) is 0 Å². The molecule has 2 aliphatic heterocycles. The van der Waals surface area contributed by atoms with Crippen molar-refractivity contribution in [3.05, 3.63) is 41.4 Å². The van der Waals surface area contributed by atoms with Crippen molar-refractivity contribution in [2.24, 2.45) is 5.92 Å². The van der Waals surface area contributed by atoms with Gasteiger partial charge in [-0.2, -0.15) is 0 Å². The van der Waals surface area contributed by atoms with E-state index in [0.717, 1.165) is 18.4 Å². The van der Waals surface area contributed by atoms with Crippen molar-refractivity contribution >= 4 is 32.2 Å². The van der Waals surface area contributed by atoms with Crippen LogP contribution >= 0.6 is 11.3 Å². The molecule has 1 unspecified atom stereocenters. The Morgan fingerprint density at radius 1 is 1.13 bits per heavy atom. The monoisotopic (exact) mass is 466 g/mol. The minimum absolute atomic E-state index is 0.134. The average Bonchev–Trinajstić information content (AvgIpc) is 3.47. The summed E-state index contributed by atoms with van der Waals surface area (Å²) in [7, 11) is -3.55. The van der Waals surface area contributed by atoms with Crippen LogP contribution in [0.25, 0.3) is 0 Å². The van der Waals surface area contributed by atoms with Gasteiger partial charge in [0.1, 0.15) is 5.75 Å². The van der Waals surface area contributed by atoms with E-state index in [1.54, 1.807) is 35.8 Å². The fraction of sp³-hybridized carbons (Fsp3) is 0.524. The van der Waals surface area contributed by atoms with Gasteiger partial charge >= 0.3 is 0 Å². The van der Waals surface area contributed by atoms with Crippen LogP contribution in [0.2, 0.25) is 0 Å². The number of hydrogen-bond acceptors (Lipinski definition) is 8. The molecule has 10 heteroatoms. The average molecular weight is 467 g/mol. The van der Waals surface area contributed by atoms with Crippen LogP contribution in [0.3, 0.4) is 0 Å². The maximum atomic E-state index is 13.1. The normalized spacial score (nSPS) is 19.4. The first kappa shape index (κ1) is 22.3. The molecule has 2 saturated heterocycles. The molecule has 2 fully saturated rings. The molecule has 168 valence electrons. The molecule has 1 aromatic heterocycles. The van der Waals surface area contributed by atoms with Gasteiger partial charge in [0.25, 0.3) is 0 Å². The zero-order valence-corrected chi connectivity index (χ0v) is 18.7. The van der Waals surface area contributed by atoms with Gasteiger partial charge in [0.05, 0.1) is 24.0 Å². The number of ether oxygens (including phenoxy) is 3. The third kappa shape index (κ3) is 5.89. The molecular weight excluding hydrogens is 440 g/mol. The van der Waals surface area contributed by atoms with Crippen molar-refractivity contribution in [2.45, 2.75) is 36.4 Å². The van der Waals surface area contributed by atoms with E-state index >= 15 is 0 Å². The van der Waals surface area contributed by atoms with E-state index in [4.69, 9.17) is 14.2 Å². The summed E-state index contributed by atoms with van der Waals surface area (Å²) in [4.78, 5) is 17.4. The highest BCUT2D eigenvalue weighted by Crippen LogP contribution is 2.31. The lowest BCUT2D eigenvalue weighted by atomic mass is 9.84. The molecule has 4 rings (SSSR count). The summed E-state index contributed by atoms with van der Waals surface area (Å²) >= 11 is 1.36. The minimum Gasteiger partial charge on any atom is -0.381 e. The number of nitrogens with zero attached hydrogens (tertiary/aromatic N) is 1. The fourth-order valence-electron chi connectivity index (χ4n) is 3.87. The molecule has 1 N–H and O–H groups in total. The quantitative estimate of drug-likeness (QED) is 0.638. The molecule has 8 nitrogen and oxygen atoms in total. The van der Waals surface area contributed by atoms with Gasteiger partial charge in [-0.25, -0.2) is 13.4 Å². The predicted molar refractivity (Wildman–Crippen MR) is 116 cm³/mol. The summed E-state index contributed by atoms with van der Waals surface area (Å²) in [6, 6.07) is 6.59. The maximum Gasteiger partial charge on any atom is 0.233 e. The topological polar surface area (TPSA) is 104 Å². The number of rotatable bonds is 8. The molecule has 0 aliphatic carbocycles. The van der Waals surface area contributed by atoms with Crippen LogP contribution in [0.15, 0.2) is 40.7 Å². The molecule has 0 bridgehead atoms. The number of thiazole rings is 1. The second kappa shape index (κ2) is 10.2. The van der Waals surface area contributed by atoms with Gasteiger partial charge in [0, 0.05) is 24.8 Å². The highest BCUT2D eigenvalue weighted by molar-refractivity contribution is 7.91. The Labute approximate surface area is 185 Å². The Morgan fingerprint density at radius 3 is 2.48 bits per heavy atom. The molecule has 3 heterocycles. The third-order valence-electron chi connectivity index (χ3n) is 5.58. The van der Waals surface area contributed by atoms with Gasteiger partial charge in [0.15, 0.2) is 21.3 Å². The van der Waals surface area contributed by atoms with Crippen molar-refractivity contribution in [2.75, 3.05) is 37.5 Å². The molecule has 0 spiro atoms. The number of aromatic nitrogens is 1. The van der Waals surface area contributed by atoms with E-state index in [1.807, 2.05) is 0 Å². The van der Waals surface area contributed by atoms with Gasteiger partial charge in [0.2, 0.25) is 5.91 Å². The van der Waals surface area contributed by atoms with Crippen molar-refractivity contribution in [1.29, 1.82) is 0 Å². The highest BCUT2D eigenvalue weighted by atomic mass is 32.2. The number of sulfone groups is 1. The van der Waals surface area contributed by atoms with Gasteiger partial charge in [-0.15, -0.1) is 11.3 Å².